The average molecular weight is 370 g/mol. The molecule has 1 aromatic heterocycles. The Bertz CT molecular complexity index is 728. The molecule has 1 aromatic rings. The third kappa shape index (κ3) is 3.54. The number of hydrogen-bond acceptors (Lipinski definition) is 5. The Hall–Kier alpha value is -1.66. The molecule has 1 N–H and O–H groups in total. The number of rotatable bonds is 4. The van der Waals surface area contributed by atoms with Crippen molar-refractivity contribution in [2.24, 2.45) is 5.41 Å². The standard InChI is InChI=1S/C17H20ClNO4S/c1-5-23-15(21)11-10-7-6-9(8-20)12(18)13(10)24-14(11)19-16(22)17(2,3)4/h8H,5-7H2,1-4H3,(H,19,22). The molecule has 0 atom stereocenters. The van der Waals surface area contributed by atoms with Gasteiger partial charge in [0.05, 0.1) is 22.1 Å². The summed E-state index contributed by atoms with van der Waals surface area (Å²) in [4.78, 5) is 36.5. The first-order valence-electron chi connectivity index (χ1n) is 7.69. The van der Waals surface area contributed by atoms with Crippen LogP contribution in [0.3, 0.4) is 0 Å². The van der Waals surface area contributed by atoms with Gasteiger partial charge in [-0.15, -0.1) is 11.3 Å². The molecule has 1 aliphatic carbocycles. The van der Waals surface area contributed by atoms with E-state index < -0.39 is 11.4 Å². The van der Waals surface area contributed by atoms with Crippen LogP contribution in [0, 0.1) is 5.41 Å². The van der Waals surface area contributed by atoms with E-state index in [1.807, 2.05) is 0 Å². The van der Waals surface area contributed by atoms with Crippen LogP contribution < -0.4 is 5.32 Å². The van der Waals surface area contributed by atoms with E-state index in [4.69, 9.17) is 16.3 Å². The van der Waals surface area contributed by atoms with Crippen LogP contribution in [0.1, 0.15) is 54.9 Å². The number of carbonyl (C=O) groups excluding carboxylic acids is 3. The molecule has 5 nitrogen and oxygen atoms in total. The highest BCUT2D eigenvalue weighted by Crippen LogP contribution is 2.45. The van der Waals surface area contributed by atoms with Crippen molar-refractivity contribution in [1.82, 2.24) is 0 Å². The van der Waals surface area contributed by atoms with Gasteiger partial charge in [0.1, 0.15) is 11.3 Å². The van der Waals surface area contributed by atoms with Gasteiger partial charge < -0.3 is 10.1 Å². The first kappa shape index (κ1) is 18.7. The molecule has 1 amide bonds. The fourth-order valence-corrected chi connectivity index (χ4v) is 3.88. The van der Waals surface area contributed by atoms with Gasteiger partial charge in [-0.2, -0.15) is 0 Å². The summed E-state index contributed by atoms with van der Waals surface area (Å²) in [5.74, 6) is -0.694. The number of aldehydes is 1. The van der Waals surface area contributed by atoms with Crippen molar-refractivity contribution in [3.05, 3.63) is 21.6 Å². The lowest BCUT2D eigenvalue weighted by atomic mass is 9.94. The third-order valence-electron chi connectivity index (χ3n) is 3.66. The van der Waals surface area contributed by atoms with Crippen LogP contribution >= 0.6 is 22.9 Å². The van der Waals surface area contributed by atoms with Gasteiger partial charge in [-0.05, 0) is 25.3 Å². The monoisotopic (exact) mass is 369 g/mol. The summed E-state index contributed by atoms with van der Waals surface area (Å²) in [6.07, 6.45) is 1.71. The van der Waals surface area contributed by atoms with Crippen molar-refractivity contribution in [2.75, 3.05) is 11.9 Å². The van der Waals surface area contributed by atoms with E-state index in [0.717, 1.165) is 11.8 Å². The minimum atomic E-state index is -0.607. The quantitative estimate of drug-likeness (QED) is 0.643. The number of fused-ring (bicyclic) bond motifs is 1. The fraction of sp³-hybridized carbons (Fsp3) is 0.471. The smallest absolute Gasteiger partial charge is 0.341 e. The van der Waals surface area contributed by atoms with Gasteiger partial charge in [0.15, 0.2) is 0 Å². The van der Waals surface area contributed by atoms with E-state index in [1.54, 1.807) is 27.7 Å². The summed E-state index contributed by atoms with van der Waals surface area (Å²) in [5, 5.41) is 3.58. The Labute approximate surface area is 150 Å². The second-order valence-electron chi connectivity index (χ2n) is 6.50. The van der Waals surface area contributed by atoms with Crippen LogP contribution in [-0.4, -0.2) is 24.8 Å². The number of nitrogens with one attached hydrogen (secondary N) is 1. The highest BCUT2D eigenvalue weighted by Gasteiger charge is 2.32. The molecule has 1 aliphatic rings. The van der Waals surface area contributed by atoms with Gasteiger partial charge in [-0.1, -0.05) is 32.4 Å². The molecule has 24 heavy (non-hydrogen) atoms. The molecule has 0 saturated carbocycles. The summed E-state index contributed by atoms with van der Waals surface area (Å²) >= 11 is 7.51. The van der Waals surface area contributed by atoms with Gasteiger partial charge in [0.25, 0.3) is 0 Å². The van der Waals surface area contributed by atoms with Crippen LogP contribution in [0.25, 0.3) is 5.03 Å². The molecule has 130 valence electrons. The summed E-state index contributed by atoms with van der Waals surface area (Å²) in [6, 6.07) is 0. The van der Waals surface area contributed by atoms with Gasteiger partial charge in [0, 0.05) is 11.0 Å². The molecule has 1 heterocycles. The number of halogens is 1. The lowest BCUT2D eigenvalue weighted by Gasteiger charge is -2.17. The zero-order chi connectivity index (χ0) is 18.1. The number of thiophene rings is 1. The van der Waals surface area contributed by atoms with Crippen LogP contribution in [-0.2, 0) is 20.7 Å². The van der Waals surface area contributed by atoms with Gasteiger partial charge in [0.2, 0.25) is 5.91 Å². The van der Waals surface area contributed by atoms with Crippen molar-refractivity contribution in [3.8, 4) is 0 Å². The number of esters is 1. The number of hydrogen-bond donors (Lipinski definition) is 1. The Balaban J connectivity index is 2.55. The van der Waals surface area contributed by atoms with Crippen LogP contribution in [0.4, 0.5) is 5.00 Å². The molecule has 0 bridgehead atoms. The van der Waals surface area contributed by atoms with Crippen molar-refractivity contribution in [2.45, 2.75) is 40.5 Å². The predicted octanol–water partition coefficient (Wildman–Crippen LogP) is 4.00. The molecule has 0 unspecified atom stereocenters. The lowest BCUT2D eigenvalue weighted by molar-refractivity contribution is -0.123. The highest BCUT2D eigenvalue weighted by molar-refractivity contribution is 7.18. The SMILES string of the molecule is CCOC(=O)c1c(NC(=O)C(C)(C)C)sc2c1CCC(C=O)=C2Cl. The molecule has 0 saturated heterocycles. The lowest BCUT2D eigenvalue weighted by Crippen LogP contribution is -2.28. The number of ether oxygens (including phenoxy) is 1. The molecule has 7 heteroatoms. The Morgan fingerprint density at radius 1 is 1.33 bits per heavy atom. The Morgan fingerprint density at radius 2 is 2.00 bits per heavy atom. The zero-order valence-corrected chi connectivity index (χ0v) is 15.7. The van der Waals surface area contributed by atoms with E-state index in [9.17, 15) is 14.4 Å². The average Bonchev–Trinajstić information content (AvgIpc) is 2.86. The first-order valence-corrected chi connectivity index (χ1v) is 8.88. The van der Waals surface area contributed by atoms with Crippen LogP contribution in [0.2, 0.25) is 0 Å². The van der Waals surface area contributed by atoms with E-state index in [1.165, 1.54) is 11.3 Å². The van der Waals surface area contributed by atoms with E-state index in [2.05, 4.69) is 5.32 Å². The molecule has 0 spiro atoms. The Morgan fingerprint density at radius 3 is 2.54 bits per heavy atom. The minimum Gasteiger partial charge on any atom is -0.462 e. The van der Waals surface area contributed by atoms with Gasteiger partial charge >= 0.3 is 5.97 Å². The van der Waals surface area contributed by atoms with Crippen molar-refractivity contribution in [1.29, 1.82) is 0 Å². The van der Waals surface area contributed by atoms with E-state index in [-0.39, 0.29) is 12.5 Å². The molecule has 0 radical (unpaired) electrons. The highest BCUT2D eigenvalue weighted by atomic mass is 35.5. The maximum atomic E-state index is 12.4. The molecule has 0 aliphatic heterocycles. The molecule has 2 rings (SSSR count). The summed E-state index contributed by atoms with van der Waals surface area (Å²) in [5.41, 5.74) is 0.981. The van der Waals surface area contributed by atoms with Gasteiger partial charge in [-0.25, -0.2) is 4.79 Å². The predicted molar refractivity (Wildman–Crippen MR) is 95.5 cm³/mol. The first-order chi connectivity index (χ1) is 11.2. The van der Waals surface area contributed by atoms with Crippen LogP contribution in [0.15, 0.2) is 5.57 Å². The van der Waals surface area contributed by atoms with Crippen LogP contribution in [0.5, 0.6) is 0 Å². The molecular weight excluding hydrogens is 350 g/mol. The van der Waals surface area contributed by atoms with Crippen molar-refractivity contribution in [3.63, 3.8) is 0 Å². The maximum absolute atomic E-state index is 12.4. The summed E-state index contributed by atoms with van der Waals surface area (Å²) in [7, 11) is 0. The number of anilines is 1. The van der Waals surface area contributed by atoms with Crippen molar-refractivity contribution < 1.29 is 19.1 Å². The summed E-state index contributed by atoms with van der Waals surface area (Å²) in [6.45, 7) is 7.33. The largest absolute Gasteiger partial charge is 0.462 e. The van der Waals surface area contributed by atoms with Crippen molar-refractivity contribution >= 4 is 51.1 Å². The van der Waals surface area contributed by atoms with E-state index >= 15 is 0 Å². The minimum absolute atomic E-state index is 0.206. The number of amides is 1. The molecule has 0 aromatic carbocycles. The number of carbonyl (C=O) groups is 3. The second-order valence-corrected chi connectivity index (χ2v) is 7.89. The maximum Gasteiger partial charge on any atom is 0.341 e. The molecular formula is C17H20ClNO4S. The number of allylic oxidation sites excluding steroid dienone is 1. The Kier molecular flexibility index (Phi) is 5.50. The van der Waals surface area contributed by atoms with Gasteiger partial charge in [-0.3, -0.25) is 9.59 Å². The topological polar surface area (TPSA) is 72.5 Å². The summed E-state index contributed by atoms with van der Waals surface area (Å²) < 4.78 is 5.14. The second kappa shape index (κ2) is 7.07. The molecule has 0 fully saturated rings. The van der Waals surface area contributed by atoms with E-state index in [0.29, 0.717) is 38.9 Å². The zero-order valence-electron chi connectivity index (χ0n) is 14.1. The third-order valence-corrected chi connectivity index (χ3v) is 5.37. The normalized spacial score (nSPS) is 14.2. The fourth-order valence-electron chi connectivity index (χ4n) is 2.30.